The molecule has 3 aromatic carbocycles. The zero-order valence-electron chi connectivity index (χ0n) is 12.3. The summed E-state index contributed by atoms with van der Waals surface area (Å²) in [7, 11) is 0. The van der Waals surface area contributed by atoms with Gasteiger partial charge in [0.15, 0.2) is 6.20 Å². The van der Waals surface area contributed by atoms with E-state index in [4.69, 9.17) is 11.1 Å². The van der Waals surface area contributed by atoms with E-state index in [-0.39, 0.29) is 0 Å². The minimum absolute atomic E-state index is 1.17. The van der Waals surface area contributed by atoms with Crippen LogP contribution in [0, 0.1) is 0 Å². The lowest BCUT2D eigenvalue weighted by molar-refractivity contribution is -0.342. The highest BCUT2D eigenvalue weighted by atomic mass is 15.0. The van der Waals surface area contributed by atoms with Crippen molar-refractivity contribution in [1.82, 2.24) is 0 Å². The van der Waals surface area contributed by atoms with E-state index in [9.17, 15) is 0 Å². The molecule has 0 unspecified atom stereocenters. The summed E-state index contributed by atoms with van der Waals surface area (Å²) in [6.07, 6.45) is 2.08. The van der Waals surface area contributed by atoms with E-state index in [2.05, 4.69) is 84.0 Å². The summed E-state index contributed by atoms with van der Waals surface area (Å²) in [6.45, 7) is 0. The fourth-order valence-electron chi connectivity index (χ4n) is 2.83. The van der Waals surface area contributed by atoms with Gasteiger partial charge in [0, 0.05) is 16.8 Å². The third-order valence-electron chi connectivity index (χ3n) is 3.76. The molecule has 0 amide bonds. The van der Waals surface area contributed by atoms with Gasteiger partial charge in [-0.05, 0) is 17.2 Å². The van der Waals surface area contributed by atoms with Crippen molar-refractivity contribution in [1.29, 1.82) is 0 Å². The molecule has 1 aromatic heterocycles. The first-order valence-corrected chi connectivity index (χ1v) is 7.21. The summed E-state index contributed by atoms with van der Waals surface area (Å²) in [5, 5.41) is 3.82. The van der Waals surface area contributed by atoms with E-state index < -0.39 is 0 Å². The van der Waals surface area contributed by atoms with Gasteiger partial charge in [-0.25, -0.2) is 4.98 Å². The van der Waals surface area contributed by atoms with Gasteiger partial charge in [-0.1, -0.05) is 60.7 Å². The molecular weight excluding hydrogens is 284 g/mol. The number of benzene rings is 3. The van der Waals surface area contributed by atoms with Crippen LogP contribution in [0.1, 0.15) is 0 Å². The Morgan fingerprint density at radius 3 is 2.22 bits per heavy atom. The van der Waals surface area contributed by atoms with Crippen molar-refractivity contribution in [2.45, 2.75) is 0 Å². The van der Waals surface area contributed by atoms with Crippen molar-refractivity contribution in [3.63, 3.8) is 0 Å². The van der Waals surface area contributed by atoms with Gasteiger partial charge < -0.3 is 11.1 Å². The molecule has 0 radical (unpaired) electrons. The highest BCUT2D eigenvalue weighted by Crippen LogP contribution is 2.31. The van der Waals surface area contributed by atoms with Crippen molar-refractivity contribution in [2.75, 3.05) is 0 Å². The van der Waals surface area contributed by atoms with Crippen LogP contribution >= 0.6 is 0 Å². The third-order valence-corrected chi connectivity index (χ3v) is 3.76. The molecule has 0 bridgehead atoms. The molecule has 4 aromatic rings. The maximum absolute atomic E-state index is 6.75. The molecule has 0 saturated heterocycles. The molecule has 0 saturated carbocycles. The largest absolute Gasteiger partial charge is 0.373 e. The first kappa shape index (κ1) is 14.6. The van der Waals surface area contributed by atoms with Crippen LogP contribution in [-0.4, -0.2) is 0 Å². The van der Waals surface area contributed by atoms with Crippen LogP contribution in [-0.2, 0) is 0 Å². The lowest BCUT2D eigenvalue weighted by atomic mass is 9.97. The van der Waals surface area contributed by atoms with E-state index in [1.54, 1.807) is 0 Å². The van der Waals surface area contributed by atoms with Gasteiger partial charge in [0.05, 0.1) is 5.39 Å². The van der Waals surface area contributed by atoms with Gasteiger partial charge in [0.25, 0.3) is 0 Å². The molecule has 1 N–H and O–H groups in total. The van der Waals surface area contributed by atoms with Crippen LogP contribution in [0.3, 0.4) is 0 Å². The van der Waals surface area contributed by atoms with Crippen LogP contribution in [0.2, 0.25) is 0 Å². The SMILES string of the molecule is [N-]=[N+]=[N-].c1ccc(-c2cccc3[nH+]cc4ccccc4c23)cc1. The first-order valence-electron chi connectivity index (χ1n) is 7.21. The predicted molar refractivity (Wildman–Crippen MR) is 93.5 cm³/mol. The second kappa shape index (κ2) is 6.60. The number of aromatic amines is 1. The van der Waals surface area contributed by atoms with Crippen molar-refractivity contribution in [3.8, 4) is 11.1 Å². The van der Waals surface area contributed by atoms with E-state index in [0.717, 1.165) is 0 Å². The second-order valence-corrected chi connectivity index (χ2v) is 5.06. The molecule has 0 atom stereocenters. The Kier molecular flexibility index (Phi) is 4.18. The minimum Gasteiger partial charge on any atom is -0.373 e. The first-order chi connectivity index (χ1) is 11.3. The molecule has 1 heterocycles. The number of rotatable bonds is 1. The summed E-state index contributed by atoms with van der Waals surface area (Å²) in [5.41, 5.74) is 17.2. The molecule has 0 fully saturated rings. The van der Waals surface area contributed by atoms with Crippen molar-refractivity contribution in [2.24, 2.45) is 0 Å². The molecule has 4 nitrogen and oxygen atoms in total. The van der Waals surface area contributed by atoms with Crippen LogP contribution in [0.5, 0.6) is 0 Å². The highest BCUT2D eigenvalue weighted by molar-refractivity contribution is 6.11. The molecule has 0 spiro atoms. The number of H-pyrrole nitrogens is 1. The Labute approximate surface area is 133 Å². The fourth-order valence-corrected chi connectivity index (χ4v) is 2.83. The lowest BCUT2D eigenvalue weighted by Gasteiger charge is -2.06. The normalized spacial score (nSPS) is 9.91. The molecule has 23 heavy (non-hydrogen) atoms. The molecule has 0 aliphatic rings. The van der Waals surface area contributed by atoms with Crippen molar-refractivity contribution in [3.05, 3.63) is 95.0 Å². The number of nitrogens with one attached hydrogen (secondary N) is 1. The van der Waals surface area contributed by atoms with Crippen LogP contribution < -0.4 is 4.98 Å². The van der Waals surface area contributed by atoms with Crippen molar-refractivity contribution >= 4 is 21.7 Å². The quantitative estimate of drug-likeness (QED) is 0.197. The number of pyridine rings is 1. The highest BCUT2D eigenvalue weighted by Gasteiger charge is 2.11. The topological polar surface area (TPSA) is 72.8 Å². The summed E-state index contributed by atoms with van der Waals surface area (Å²) in [4.78, 5) is 4.90. The summed E-state index contributed by atoms with van der Waals surface area (Å²) in [5.74, 6) is 0. The number of hydrogen-bond donors (Lipinski definition) is 0. The maximum atomic E-state index is 6.75. The van der Waals surface area contributed by atoms with Crippen LogP contribution in [0.4, 0.5) is 0 Å². The molecular formula is C19H14N4. The molecule has 4 rings (SSSR count). The Morgan fingerprint density at radius 1 is 0.739 bits per heavy atom. The minimum atomic E-state index is 1.17. The Balaban J connectivity index is 0.000000485. The number of fused-ring (bicyclic) bond motifs is 3. The predicted octanol–water partition coefficient (Wildman–Crippen LogP) is 5.34. The summed E-state index contributed by atoms with van der Waals surface area (Å²) >= 11 is 0. The average Bonchev–Trinajstić information content (AvgIpc) is 2.62. The maximum Gasteiger partial charge on any atom is 0.212 e. The van der Waals surface area contributed by atoms with Gasteiger partial charge in [0.1, 0.15) is 0 Å². The number of hydrogen-bond acceptors (Lipinski definition) is 0. The number of nitrogens with zero attached hydrogens (tertiary/aromatic N) is 3. The average molecular weight is 298 g/mol. The summed E-state index contributed by atoms with van der Waals surface area (Å²) < 4.78 is 0. The van der Waals surface area contributed by atoms with Gasteiger partial charge in [-0.3, -0.25) is 4.91 Å². The van der Waals surface area contributed by atoms with E-state index in [0.29, 0.717) is 0 Å². The molecule has 0 aliphatic heterocycles. The van der Waals surface area contributed by atoms with Gasteiger partial charge in [-0.2, -0.15) is 0 Å². The van der Waals surface area contributed by atoms with Crippen LogP contribution in [0.15, 0.2) is 79.0 Å². The van der Waals surface area contributed by atoms with E-state index in [1.807, 2.05) is 0 Å². The Hall–Kier alpha value is -3.36. The van der Waals surface area contributed by atoms with Crippen molar-refractivity contribution < 1.29 is 4.98 Å². The summed E-state index contributed by atoms with van der Waals surface area (Å²) in [6, 6.07) is 25.5. The zero-order valence-corrected chi connectivity index (χ0v) is 12.3. The number of aromatic nitrogens is 1. The van der Waals surface area contributed by atoms with Gasteiger partial charge in [-0.15, -0.1) is 0 Å². The third kappa shape index (κ3) is 2.84. The van der Waals surface area contributed by atoms with Gasteiger partial charge in [0.2, 0.25) is 5.52 Å². The smallest absolute Gasteiger partial charge is 0.212 e. The monoisotopic (exact) mass is 298 g/mol. The van der Waals surface area contributed by atoms with Crippen LogP contribution in [0.25, 0.3) is 48.8 Å². The lowest BCUT2D eigenvalue weighted by Crippen LogP contribution is -2.03. The molecule has 4 heteroatoms. The van der Waals surface area contributed by atoms with E-state index in [1.165, 1.54) is 37.7 Å². The van der Waals surface area contributed by atoms with Gasteiger partial charge >= 0.3 is 0 Å². The second-order valence-electron chi connectivity index (χ2n) is 5.06. The molecule has 110 valence electrons. The Morgan fingerprint density at radius 2 is 1.43 bits per heavy atom. The standard InChI is InChI=1S/C19H13N.N3/c1-2-7-14(8-3-1)16-11-6-12-18-19(16)17-10-5-4-9-15(17)13-20-18;1-3-2/h1-13H;/q;-1/p+1. The Bertz CT molecular complexity index is 988. The molecule has 0 aliphatic carbocycles. The zero-order chi connectivity index (χ0) is 16.1. The van der Waals surface area contributed by atoms with E-state index >= 15 is 0 Å². The fraction of sp³-hybridized carbons (Fsp3) is 0.